The van der Waals surface area contributed by atoms with Crippen LogP contribution in [0.15, 0.2) is 12.2 Å². The number of rotatable bonds is 5. The summed E-state index contributed by atoms with van der Waals surface area (Å²) in [5.41, 5.74) is 0.215. The average Bonchev–Trinajstić information content (AvgIpc) is 2.55. The van der Waals surface area contributed by atoms with Gasteiger partial charge in [-0.3, -0.25) is 9.59 Å². The van der Waals surface area contributed by atoms with Crippen molar-refractivity contribution in [3.8, 4) is 0 Å². The van der Waals surface area contributed by atoms with Crippen molar-refractivity contribution in [1.29, 1.82) is 0 Å². The Labute approximate surface area is 110 Å². The Morgan fingerprint density at radius 2 is 2.05 bits per heavy atom. The Morgan fingerprint density at radius 3 is 2.53 bits per heavy atom. The van der Waals surface area contributed by atoms with Crippen LogP contribution in [0.4, 0.5) is 0 Å². The van der Waals surface area contributed by atoms with E-state index in [1.54, 1.807) is 6.92 Å². The highest BCUT2D eigenvalue weighted by Crippen LogP contribution is 2.19. The maximum atomic E-state index is 11.5. The molecule has 0 aromatic heterocycles. The molecule has 0 saturated carbocycles. The monoisotopic (exact) mass is 269 g/mol. The molecule has 0 aliphatic carbocycles. The zero-order chi connectivity index (χ0) is 14.6. The Hall–Kier alpha value is -2.18. The summed E-state index contributed by atoms with van der Waals surface area (Å²) in [6.45, 7) is 6.23. The molecule has 0 aromatic rings. The first-order chi connectivity index (χ1) is 8.82. The predicted molar refractivity (Wildman–Crippen MR) is 62.1 cm³/mol. The number of esters is 1. The molecule has 1 fully saturated rings. The lowest BCUT2D eigenvalue weighted by atomic mass is 10.1. The van der Waals surface area contributed by atoms with Gasteiger partial charge in [0, 0.05) is 17.9 Å². The molecule has 19 heavy (non-hydrogen) atoms. The van der Waals surface area contributed by atoms with E-state index in [1.165, 1.54) is 6.92 Å². The van der Waals surface area contributed by atoms with Crippen molar-refractivity contribution >= 4 is 23.8 Å². The quantitative estimate of drug-likeness (QED) is 0.406. The van der Waals surface area contributed by atoms with Crippen LogP contribution in [0, 0.1) is 5.92 Å². The molecule has 104 valence electrons. The molecule has 0 radical (unpaired) electrons. The largest absolute Gasteiger partial charge is 0.462 e. The minimum Gasteiger partial charge on any atom is -0.462 e. The van der Waals surface area contributed by atoms with Gasteiger partial charge >= 0.3 is 11.9 Å². The number of nitrogens with zero attached hydrogens (tertiary/aromatic N) is 1. The van der Waals surface area contributed by atoms with Crippen LogP contribution in [0.2, 0.25) is 0 Å². The lowest BCUT2D eigenvalue weighted by Crippen LogP contribution is -2.33. The maximum Gasteiger partial charge on any atom is 0.336 e. The lowest BCUT2D eigenvalue weighted by molar-refractivity contribution is -0.198. The van der Waals surface area contributed by atoms with Crippen LogP contribution in [-0.4, -0.2) is 35.4 Å². The standard InChI is InChI=1S/C12H15NO6/c1-7(2)12(17)18-5-4-10(15)19-13-9(14)6-8(3)11(13)16/h8H,1,4-6H2,2-3H3. The highest BCUT2D eigenvalue weighted by Gasteiger charge is 2.38. The van der Waals surface area contributed by atoms with E-state index in [0.29, 0.717) is 5.06 Å². The number of hydroxylamine groups is 2. The van der Waals surface area contributed by atoms with Crippen LogP contribution < -0.4 is 0 Å². The number of hydrogen-bond acceptors (Lipinski definition) is 6. The normalized spacial score (nSPS) is 18.4. The Bertz CT molecular complexity index is 442. The SMILES string of the molecule is C=C(C)C(=O)OCCC(=O)ON1C(=O)CC(C)C1=O. The van der Waals surface area contributed by atoms with Gasteiger partial charge in [-0.1, -0.05) is 13.5 Å². The van der Waals surface area contributed by atoms with E-state index in [4.69, 9.17) is 0 Å². The third kappa shape index (κ3) is 3.90. The summed E-state index contributed by atoms with van der Waals surface area (Å²) in [6.07, 6.45) is -0.221. The van der Waals surface area contributed by atoms with Crippen LogP contribution in [0.25, 0.3) is 0 Å². The zero-order valence-corrected chi connectivity index (χ0v) is 10.8. The molecule has 1 unspecified atom stereocenters. The van der Waals surface area contributed by atoms with Gasteiger partial charge in [0.1, 0.15) is 6.61 Å². The minimum atomic E-state index is -0.815. The van der Waals surface area contributed by atoms with Gasteiger partial charge < -0.3 is 9.57 Å². The van der Waals surface area contributed by atoms with E-state index in [1.807, 2.05) is 0 Å². The number of carbonyl (C=O) groups excluding carboxylic acids is 4. The second-order valence-corrected chi connectivity index (χ2v) is 4.26. The second kappa shape index (κ2) is 6.12. The predicted octanol–water partition coefficient (Wildman–Crippen LogP) is 0.349. The molecule has 0 N–H and O–H groups in total. The average molecular weight is 269 g/mol. The van der Waals surface area contributed by atoms with Crippen LogP contribution in [0.3, 0.4) is 0 Å². The van der Waals surface area contributed by atoms with Gasteiger partial charge in [-0.2, -0.15) is 0 Å². The first-order valence-corrected chi connectivity index (χ1v) is 5.73. The molecule has 1 heterocycles. The van der Waals surface area contributed by atoms with Gasteiger partial charge in [-0.25, -0.2) is 9.59 Å². The van der Waals surface area contributed by atoms with Gasteiger partial charge in [0.25, 0.3) is 11.8 Å². The Morgan fingerprint density at radius 1 is 1.42 bits per heavy atom. The highest BCUT2D eigenvalue weighted by molar-refractivity contribution is 6.03. The van der Waals surface area contributed by atoms with E-state index in [9.17, 15) is 19.2 Å². The molecule has 1 aliphatic rings. The molecule has 2 amide bonds. The summed E-state index contributed by atoms with van der Waals surface area (Å²) in [4.78, 5) is 49.8. The van der Waals surface area contributed by atoms with E-state index >= 15 is 0 Å². The molecular formula is C12H15NO6. The molecule has 1 aliphatic heterocycles. The molecule has 1 rings (SSSR count). The van der Waals surface area contributed by atoms with Crippen LogP contribution in [-0.2, 0) is 28.8 Å². The molecule has 7 nitrogen and oxygen atoms in total. The van der Waals surface area contributed by atoms with Crippen LogP contribution in [0.1, 0.15) is 26.7 Å². The van der Waals surface area contributed by atoms with Crippen molar-refractivity contribution < 1.29 is 28.8 Å². The van der Waals surface area contributed by atoms with Gasteiger partial charge in [-0.15, -0.1) is 5.06 Å². The first kappa shape index (κ1) is 14.9. The second-order valence-electron chi connectivity index (χ2n) is 4.26. The molecule has 0 spiro atoms. The number of ether oxygens (including phenoxy) is 1. The fourth-order valence-corrected chi connectivity index (χ4v) is 1.35. The van der Waals surface area contributed by atoms with Crippen molar-refractivity contribution in [2.45, 2.75) is 26.7 Å². The third-order valence-electron chi connectivity index (χ3n) is 2.41. The number of imide groups is 1. The van der Waals surface area contributed by atoms with E-state index in [2.05, 4.69) is 16.2 Å². The van der Waals surface area contributed by atoms with Gasteiger partial charge in [-0.05, 0) is 6.92 Å². The van der Waals surface area contributed by atoms with E-state index in [-0.39, 0.29) is 25.0 Å². The van der Waals surface area contributed by atoms with Gasteiger partial charge in [0.05, 0.1) is 6.42 Å². The first-order valence-electron chi connectivity index (χ1n) is 5.73. The summed E-state index contributed by atoms with van der Waals surface area (Å²) in [5, 5.41) is 0.466. The molecular weight excluding hydrogens is 254 g/mol. The number of carbonyl (C=O) groups is 4. The van der Waals surface area contributed by atoms with Crippen LogP contribution in [0.5, 0.6) is 0 Å². The lowest BCUT2D eigenvalue weighted by Gasteiger charge is -2.13. The Kier molecular flexibility index (Phi) is 4.80. The van der Waals surface area contributed by atoms with Crippen molar-refractivity contribution in [1.82, 2.24) is 5.06 Å². The van der Waals surface area contributed by atoms with Crippen molar-refractivity contribution in [2.75, 3.05) is 6.61 Å². The van der Waals surface area contributed by atoms with E-state index in [0.717, 1.165) is 0 Å². The molecule has 7 heteroatoms. The summed E-state index contributed by atoms with van der Waals surface area (Å²) >= 11 is 0. The molecule has 0 bridgehead atoms. The summed E-state index contributed by atoms with van der Waals surface area (Å²) in [7, 11) is 0. The molecule has 1 atom stereocenters. The fraction of sp³-hybridized carbons (Fsp3) is 0.500. The number of hydrogen-bond donors (Lipinski definition) is 0. The Balaban J connectivity index is 2.36. The topological polar surface area (TPSA) is 90.0 Å². The summed E-state index contributed by atoms with van der Waals surface area (Å²) in [5.74, 6) is -3.01. The smallest absolute Gasteiger partial charge is 0.336 e. The van der Waals surface area contributed by atoms with Crippen molar-refractivity contribution in [2.24, 2.45) is 5.92 Å². The molecule has 0 aromatic carbocycles. The number of amides is 2. The zero-order valence-electron chi connectivity index (χ0n) is 10.8. The molecule has 1 saturated heterocycles. The summed E-state index contributed by atoms with van der Waals surface area (Å²) < 4.78 is 4.69. The minimum absolute atomic E-state index is 0.0246. The third-order valence-corrected chi connectivity index (χ3v) is 2.41. The van der Waals surface area contributed by atoms with Crippen molar-refractivity contribution in [3.63, 3.8) is 0 Å². The van der Waals surface area contributed by atoms with E-state index < -0.39 is 29.7 Å². The summed E-state index contributed by atoms with van der Waals surface area (Å²) in [6, 6.07) is 0. The fourth-order valence-electron chi connectivity index (χ4n) is 1.35. The van der Waals surface area contributed by atoms with Gasteiger partial charge in [0.2, 0.25) is 0 Å². The van der Waals surface area contributed by atoms with Crippen LogP contribution >= 0.6 is 0 Å². The maximum absolute atomic E-state index is 11.5. The van der Waals surface area contributed by atoms with Gasteiger partial charge in [0.15, 0.2) is 0 Å². The van der Waals surface area contributed by atoms with Crippen molar-refractivity contribution in [3.05, 3.63) is 12.2 Å². The highest BCUT2D eigenvalue weighted by atomic mass is 16.7.